The number of hydrogen-bond donors (Lipinski definition) is 1. The molecule has 2 aromatic heterocycles. The number of thiophene rings is 1. The van der Waals surface area contributed by atoms with Gasteiger partial charge < -0.3 is 5.32 Å². The molecule has 3 rings (SSSR count). The molecule has 2 heterocycles. The van der Waals surface area contributed by atoms with E-state index >= 15 is 0 Å². The van der Waals surface area contributed by atoms with Crippen LogP contribution in [0, 0.1) is 0 Å². The van der Waals surface area contributed by atoms with Gasteiger partial charge in [0.25, 0.3) is 0 Å². The van der Waals surface area contributed by atoms with Crippen LogP contribution in [0.2, 0.25) is 4.34 Å². The van der Waals surface area contributed by atoms with Crippen LogP contribution in [0.15, 0.2) is 30.5 Å². The Hall–Kier alpha value is -0.900. The normalized spacial score (nSPS) is 19.8. The number of aryl methyl sites for hydroxylation is 1. The highest BCUT2D eigenvalue weighted by Crippen LogP contribution is 2.33. The predicted molar refractivity (Wildman–Crippen MR) is 76.2 cm³/mol. The van der Waals surface area contributed by atoms with Gasteiger partial charge in [0.2, 0.25) is 0 Å². The molecule has 0 saturated heterocycles. The van der Waals surface area contributed by atoms with Crippen LogP contribution in [-0.4, -0.2) is 4.98 Å². The van der Waals surface area contributed by atoms with Crippen molar-refractivity contribution in [2.45, 2.75) is 31.8 Å². The maximum absolute atomic E-state index is 5.98. The first kappa shape index (κ1) is 12.2. The lowest BCUT2D eigenvalue weighted by Crippen LogP contribution is -2.22. The van der Waals surface area contributed by atoms with E-state index in [1.165, 1.54) is 16.1 Å². The molecule has 0 aliphatic heterocycles. The largest absolute Gasteiger partial charge is 0.301 e. The van der Waals surface area contributed by atoms with Gasteiger partial charge in [0, 0.05) is 17.1 Å². The minimum atomic E-state index is 0.320. The Morgan fingerprint density at radius 2 is 2.33 bits per heavy atom. The summed E-state index contributed by atoms with van der Waals surface area (Å²) in [4.78, 5) is 5.79. The summed E-state index contributed by atoms with van der Waals surface area (Å²) in [5, 5.41) is 3.65. The first-order valence-electron chi connectivity index (χ1n) is 6.19. The Kier molecular flexibility index (Phi) is 3.37. The Morgan fingerprint density at radius 3 is 3.11 bits per heavy atom. The molecule has 1 aliphatic carbocycles. The third kappa shape index (κ3) is 2.30. The number of aromatic nitrogens is 1. The second-order valence-electron chi connectivity index (χ2n) is 4.67. The minimum Gasteiger partial charge on any atom is -0.301 e. The standard InChI is InChI=1S/C14H15ClN2S/c1-9(12-6-7-13(15)18-12)17-11-5-4-10-3-2-8-16-14(10)11/h2-3,6-9,11,17H,4-5H2,1H3. The van der Waals surface area contributed by atoms with E-state index in [9.17, 15) is 0 Å². The van der Waals surface area contributed by atoms with Crippen molar-refractivity contribution in [1.29, 1.82) is 0 Å². The van der Waals surface area contributed by atoms with Crippen LogP contribution >= 0.6 is 22.9 Å². The first-order chi connectivity index (χ1) is 8.74. The van der Waals surface area contributed by atoms with E-state index in [1.807, 2.05) is 18.3 Å². The summed E-state index contributed by atoms with van der Waals surface area (Å²) in [5.74, 6) is 0. The molecule has 0 aromatic carbocycles. The summed E-state index contributed by atoms with van der Waals surface area (Å²) in [5.41, 5.74) is 2.60. The fourth-order valence-corrected chi connectivity index (χ4v) is 3.59. The topological polar surface area (TPSA) is 24.9 Å². The molecular formula is C14H15ClN2S. The SMILES string of the molecule is CC(NC1CCc2cccnc21)c1ccc(Cl)s1. The zero-order valence-electron chi connectivity index (χ0n) is 10.2. The van der Waals surface area contributed by atoms with Crippen molar-refractivity contribution in [1.82, 2.24) is 10.3 Å². The Balaban J connectivity index is 1.75. The van der Waals surface area contributed by atoms with Gasteiger partial charge in [-0.2, -0.15) is 0 Å². The molecule has 1 aliphatic rings. The molecule has 0 saturated carbocycles. The van der Waals surface area contributed by atoms with Gasteiger partial charge in [-0.25, -0.2) is 0 Å². The molecule has 1 N–H and O–H groups in total. The van der Waals surface area contributed by atoms with Crippen LogP contribution in [0.1, 0.15) is 41.6 Å². The number of fused-ring (bicyclic) bond motifs is 1. The second-order valence-corrected chi connectivity index (χ2v) is 6.42. The van der Waals surface area contributed by atoms with Gasteiger partial charge in [0.1, 0.15) is 0 Å². The Bertz CT molecular complexity index is 552. The van der Waals surface area contributed by atoms with E-state index in [0.717, 1.165) is 17.2 Å². The molecule has 18 heavy (non-hydrogen) atoms. The van der Waals surface area contributed by atoms with Gasteiger partial charge in [0.05, 0.1) is 16.1 Å². The number of pyridine rings is 1. The lowest BCUT2D eigenvalue weighted by molar-refractivity contribution is 0.462. The van der Waals surface area contributed by atoms with Crippen molar-refractivity contribution >= 4 is 22.9 Å². The molecule has 0 bridgehead atoms. The molecule has 4 heteroatoms. The third-order valence-corrected chi connectivity index (χ3v) is 4.84. The summed E-state index contributed by atoms with van der Waals surface area (Å²) in [6, 6.07) is 8.94. The number of hydrogen-bond acceptors (Lipinski definition) is 3. The van der Waals surface area contributed by atoms with Crippen molar-refractivity contribution in [3.05, 3.63) is 50.9 Å². The zero-order valence-corrected chi connectivity index (χ0v) is 11.8. The van der Waals surface area contributed by atoms with Crippen molar-refractivity contribution in [3.63, 3.8) is 0 Å². The molecule has 94 valence electrons. The molecule has 2 aromatic rings. The second kappa shape index (κ2) is 5.00. The molecule has 0 radical (unpaired) electrons. The summed E-state index contributed by atoms with van der Waals surface area (Å²) in [6.45, 7) is 2.18. The number of halogens is 1. The molecule has 0 fully saturated rings. The first-order valence-corrected chi connectivity index (χ1v) is 7.38. The smallest absolute Gasteiger partial charge is 0.0931 e. The molecule has 2 unspecified atom stereocenters. The van der Waals surface area contributed by atoms with Crippen LogP contribution in [0.5, 0.6) is 0 Å². The van der Waals surface area contributed by atoms with Crippen molar-refractivity contribution in [2.24, 2.45) is 0 Å². The maximum atomic E-state index is 5.98. The molecule has 0 spiro atoms. The van der Waals surface area contributed by atoms with Crippen molar-refractivity contribution in [3.8, 4) is 0 Å². The average molecular weight is 279 g/mol. The molecule has 2 nitrogen and oxygen atoms in total. The van der Waals surface area contributed by atoms with Crippen LogP contribution in [0.3, 0.4) is 0 Å². The summed E-state index contributed by atoms with van der Waals surface area (Å²) >= 11 is 7.62. The van der Waals surface area contributed by atoms with E-state index in [2.05, 4.69) is 29.4 Å². The van der Waals surface area contributed by atoms with E-state index in [-0.39, 0.29) is 0 Å². The zero-order chi connectivity index (χ0) is 12.5. The van der Waals surface area contributed by atoms with Gasteiger partial charge in [-0.1, -0.05) is 17.7 Å². The predicted octanol–water partition coefficient (Wildman–Crippen LogP) is 4.13. The minimum absolute atomic E-state index is 0.320. The number of nitrogens with zero attached hydrogens (tertiary/aromatic N) is 1. The van der Waals surface area contributed by atoms with E-state index in [1.54, 1.807) is 11.3 Å². The van der Waals surface area contributed by atoms with Gasteiger partial charge in [0.15, 0.2) is 0 Å². The fourth-order valence-electron chi connectivity index (χ4n) is 2.52. The lowest BCUT2D eigenvalue weighted by Gasteiger charge is -2.18. The van der Waals surface area contributed by atoms with Crippen LogP contribution in [0.25, 0.3) is 0 Å². The highest BCUT2D eigenvalue weighted by atomic mass is 35.5. The van der Waals surface area contributed by atoms with Gasteiger partial charge in [-0.3, -0.25) is 4.98 Å². The highest BCUT2D eigenvalue weighted by Gasteiger charge is 2.25. The van der Waals surface area contributed by atoms with Crippen molar-refractivity contribution < 1.29 is 0 Å². The summed E-state index contributed by atoms with van der Waals surface area (Å²) in [7, 11) is 0. The summed E-state index contributed by atoms with van der Waals surface area (Å²) in [6.07, 6.45) is 4.14. The van der Waals surface area contributed by atoms with E-state index in [0.29, 0.717) is 12.1 Å². The lowest BCUT2D eigenvalue weighted by atomic mass is 10.1. The summed E-state index contributed by atoms with van der Waals surface area (Å²) < 4.78 is 0.851. The van der Waals surface area contributed by atoms with Gasteiger partial charge in [-0.05, 0) is 43.5 Å². The van der Waals surface area contributed by atoms with Crippen molar-refractivity contribution in [2.75, 3.05) is 0 Å². The fraction of sp³-hybridized carbons (Fsp3) is 0.357. The number of nitrogens with one attached hydrogen (secondary N) is 1. The molecule has 2 atom stereocenters. The number of rotatable bonds is 3. The monoisotopic (exact) mass is 278 g/mol. The van der Waals surface area contributed by atoms with E-state index < -0.39 is 0 Å². The van der Waals surface area contributed by atoms with E-state index in [4.69, 9.17) is 11.6 Å². The van der Waals surface area contributed by atoms with Gasteiger partial charge in [-0.15, -0.1) is 11.3 Å². The molecule has 0 amide bonds. The Morgan fingerprint density at radius 1 is 1.44 bits per heavy atom. The Labute approximate surface area is 116 Å². The van der Waals surface area contributed by atoms with Crippen LogP contribution in [0.4, 0.5) is 0 Å². The van der Waals surface area contributed by atoms with Crippen LogP contribution < -0.4 is 5.32 Å². The highest BCUT2D eigenvalue weighted by molar-refractivity contribution is 7.16. The maximum Gasteiger partial charge on any atom is 0.0931 e. The van der Waals surface area contributed by atoms with Gasteiger partial charge >= 0.3 is 0 Å². The quantitative estimate of drug-likeness (QED) is 0.913. The third-order valence-electron chi connectivity index (χ3n) is 3.43. The average Bonchev–Trinajstić information content (AvgIpc) is 2.97. The van der Waals surface area contributed by atoms with Crippen LogP contribution in [-0.2, 0) is 6.42 Å². The molecular weight excluding hydrogens is 264 g/mol.